The Labute approximate surface area is 530 Å². The van der Waals surface area contributed by atoms with Gasteiger partial charge in [0.25, 0.3) is 0 Å². The number of nitrogens with zero attached hydrogens (tertiary/aromatic N) is 1. The van der Waals surface area contributed by atoms with Gasteiger partial charge in [0.15, 0.2) is 0 Å². The van der Waals surface area contributed by atoms with Crippen LogP contribution in [0.25, 0.3) is 0 Å². The first-order valence-electron chi connectivity index (χ1n) is 34.5. The normalized spacial score (nSPS) is 11.5. The number of alkyl halides is 6. The molecule has 0 aliphatic carbocycles. The zero-order valence-corrected chi connectivity index (χ0v) is 55.8. The van der Waals surface area contributed by atoms with Crippen molar-refractivity contribution < 1.29 is 75.2 Å². The number of hydrogen-bond acceptors (Lipinski definition) is 7. The topological polar surface area (TPSA) is 111 Å². The summed E-state index contributed by atoms with van der Waals surface area (Å²) in [7, 11) is -2.02. The van der Waals surface area contributed by atoms with Crippen LogP contribution >= 0.6 is 0 Å². The maximum atomic E-state index is 11.9. The predicted octanol–water partition coefficient (Wildman–Crippen LogP) is 20.1. The maximum absolute atomic E-state index is 11.9. The number of halogens is 6. The summed E-state index contributed by atoms with van der Waals surface area (Å²) in [6, 6.07) is 13.9. The van der Waals surface area contributed by atoms with Crippen LogP contribution in [-0.2, 0) is 32.3 Å². The van der Waals surface area contributed by atoms with Crippen LogP contribution in [0.5, 0.6) is 11.5 Å². The first-order chi connectivity index (χ1) is 40.5. The molecule has 0 saturated carbocycles. The van der Waals surface area contributed by atoms with Crippen LogP contribution in [0.3, 0.4) is 0 Å². The van der Waals surface area contributed by atoms with Gasteiger partial charge in [-0.1, -0.05) is 295 Å². The third-order valence-electron chi connectivity index (χ3n) is 16.0. The van der Waals surface area contributed by atoms with Crippen LogP contribution in [-0.4, -0.2) is 57.1 Å². The summed E-state index contributed by atoms with van der Waals surface area (Å²) in [6.07, 6.45) is 50.8. The van der Waals surface area contributed by atoms with Crippen LogP contribution in [0.15, 0.2) is 48.5 Å². The van der Waals surface area contributed by atoms with Crippen molar-refractivity contribution in [3.05, 3.63) is 59.7 Å². The second kappa shape index (κ2) is 62.4. The molecular formula is C69H122B2F6NO6Ru. The van der Waals surface area contributed by atoms with Crippen LogP contribution in [0.4, 0.5) is 26.3 Å². The van der Waals surface area contributed by atoms with E-state index in [1.807, 2.05) is 24.3 Å². The van der Waals surface area contributed by atoms with Crippen LogP contribution in [0.2, 0.25) is 0 Å². The SMILES string of the molecule is CCCCCCCCCCCCCCCCCCN(C)CCCCCCCCCCCCCCCCCC.[O-]B(O)Oc1ccc(CCCCCCCCCC(F)(F)F)cc1.[O-]B([O-])Oc1ccc(CCCCCCCCCC(F)(F)F)cc1.[Ru+3]. The Morgan fingerprint density at radius 1 is 0.353 bits per heavy atom. The molecule has 0 aromatic heterocycles. The summed E-state index contributed by atoms with van der Waals surface area (Å²) in [5.41, 5.74) is 2.23. The van der Waals surface area contributed by atoms with Gasteiger partial charge in [0.1, 0.15) is 7.32 Å². The average molecular weight is 1300 g/mol. The molecule has 0 spiro atoms. The molecule has 0 unspecified atom stereocenters. The van der Waals surface area contributed by atoms with Crippen LogP contribution in [0.1, 0.15) is 333 Å². The van der Waals surface area contributed by atoms with Crippen molar-refractivity contribution in [2.75, 3.05) is 20.1 Å². The molecule has 2 aromatic carbocycles. The van der Waals surface area contributed by atoms with E-state index in [-0.39, 0.29) is 38.1 Å². The molecule has 0 aliphatic rings. The smallest absolute Gasteiger partial charge is 0.860 e. The number of hydrogen-bond donors (Lipinski definition) is 1. The molecule has 16 heteroatoms. The summed E-state index contributed by atoms with van der Waals surface area (Å²) in [5.74, 6) is 0.623. The summed E-state index contributed by atoms with van der Waals surface area (Å²) in [4.78, 5) is 2.59. The monoisotopic (exact) mass is 1300 g/mol. The van der Waals surface area contributed by atoms with E-state index in [0.29, 0.717) is 18.6 Å². The minimum atomic E-state index is -4.02. The van der Waals surface area contributed by atoms with E-state index in [1.165, 1.54) is 219 Å². The second-order valence-corrected chi connectivity index (χ2v) is 24.2. The molecule has 0 fully saturated rings. The van der Waals surface area contributed by atoms with Crippen molar-refractivity contribution >= 4 is 14.6 Å². The molecule has 0 aliphatic heterocycles. The number of benzene rings is 2. The third kappa shape index (κ3) is 67.9. The maximum Gasteiger partial charge on any atom is 3.00 e. The Bertz CT molecular complexity index is 1520. The molecule has 1 N–H and O–H groups in total. The van der Waals surface area contributed by atoms with Gasteiger partial charge in [-0.2, -0.15) is 26.3 Å². The van der Waals surface area contributed by atoms with E-state index in [1.54, 1.807) is 24.3 Å². The van der Waals surface area contributed by atoms with Crippen molar-refractivity contribution in [1.82, 2.24) is 4.90 Å². The minimum absolute atomic E-state index is 0. The fourth-order valence-corrected chi connectivity index (χ4v) is 10.7. The van der Waals surface area contributed by atoms with Gasteiger partial charge in [0, 0.05) is 12.8 Å². The standard InChI is InChI=1S/C37H77N.C16H23BF3O3.C16H22BF3O3.Ru/c1-4-6-8-10-12-14-16-18-20-22-24-26-28-30-32-34-36-38(3)37-35-33-31-29-27-25-23-21-19-17-15-13-11-9-7-5-2;2*18-16(19,20)13-7-5-3-1-2-4-6-8-14-9-11-15(12-10-14)23-17(21)22;/h4-37H2,1-3H3;9-12,21H,1-8,13H2;9-12H,1-8,13H2;/q;-1;-2;+3. The van der Waals surface area contributed by atoms with E-state index < -0.39 is 39.8 Å². The van der Waals surface area contributed by atoms with Crippen molar-refractivity contribution in [3.8, 4) is 11.5 Å². The molecular weight excluding hydrogens is 1180 g/mol. The molecule has 0 heterocycles. The largest absolute Gasteiger partial charge is 3.00 e. The average Bonchev–Trinajstić information content (AvgIpc) is 3.45. The molecule has 0 atom stereocenters. The zero-order chi connectivity index (χ0) is 61.9. The van der Waals surface area contributed by atoms with E-state index in [9.17, 15) is 41.4 Å². The Morgan fingerprint density at radius 2 is 0.576 bits per heavy atom. The zero-order valence-electron chi connectivity index (χ0n) is 54.1. The van der Waals surface area contributed by atoms with Gasteiger partial charge < -0.3 is 34.3 Å². The quantitative estimate of drug-likeness (QED) is 0.0399. The Kier molecular flexibility index (Phi) is 62.5. The minimum Gasteiger partial charge on any atom is -0.860 e. The molecule has 85 heavy (non-hydrogen) atoms. The molecule has 1 radical (unpaired) electrons. The van der Waals surface area contributed by atoms with Crippen LogP contribution < -0.4 is 24.4 Å². The predicted molar refractivity (Wildman–Crippen MR) is 338 cm³/mol. The van der Waals surface area contributed by atoms with E-state index in [0.717, 1.165) is 88.2 Å². The van der Waals surface area contributed by atoms with Gasteiger partial charge in [0.05, 0.1) is 11.5 Å². The fraction of sp³-hybridized carbons (Fsp3) is 0.826. The summed E-state index contributed by atoms with van der Waals surface area (Å²) in [5, 5.41) is 39.7. The van der Waals surface area contributed by atoms with E-state index >= 15 is 0 Å². The van der Waals surface area contributed by atoms with Gasteiger partial charge in [-0.05, 0) is 107 Å². The molecule has 495 valence electrons. The molecule has 0 amide bonds. The number of unbranched alkanes of at least 4 members (excludes halogenated alkanes) is 42. The van der Waals surface area contributed by atoms with Gasteiger partial charge in [-0.25, -0.2) is 0 Å². The number of aryl methyl sites for hydroxylation is 2. The summed E-state index contributed by atoms with van der Waals surface area (Å²) in [6.45, 7) is 7.25. The Balaban J connectivity index is 0. The summed E-state index contributed by atoms with van der Waals surface area (Å²) >= 11 is 0. The van der Waals surface area contributed by atoms with Gasteiger partial charge in [-0.3, -0.25) is 0 Å². The van der Waals surface area contributed by atoms with Crippen molar-refractivity contribution in [3.63, 3.8) is 0 Å². The van der Waals surface area contributed by atoms with Gasteiger partial charge in [0.2, 0.25) is 0 Å². The third-order valence-corrected chi connectivity index (χ3v) is 16.0. The van der Waals surface area contributed by atoms with E-state index in [2.05, 4.69) is 35.1 Å². The fourth-order valence-electron chi connectivity index (χ4n) is 10.7. The Morgan fingerprint density at radius 3 is 0.812 bits per heavy atom. The second-order valence-electron chi connectivity index (χ2n) is 24.2. The molecule has 2 rings (SSSR count). The van der Waals surface area contributed by atoms with Gasteiger partial charge in [-0.15, -0.1) is 0 Å². The van der Waals surface area contributed by atoms with Crippen molar-refractivity contribution in [2.45, 2.75) is 347 Å². The van der Waals surface area contributed by atoms with Crippen molar-refractivity contribution in [2.24, 2.45) is 0 Å². The van der Waals surface area contributed by atoms with Gasteiger partial charge >= 0.3 is 39.2 Å². The van der Waals surface area contributed by atoms with E-state index in [4.69, 9.17) is 5.02 Å². The molecule has 0 bridgehead atoms. The first-order valence-corrected chi connectivity index (χ1v) is 34.5. The first kappa shape index (κ1) is 85.2. The molecule has 0 saturated heterocycles. The van der Waals surface area contributed by atoms with Crippen molar-refractivity contribution in [1.29, 1.82) is 0 Å². The van der Waals surface area contributed by atoms with Crippen LogP contribution in [0, 0.1) is 0 Å². The Hall–Kier alpha value is -1.83. The number of rotatable bonds is 56. The molecule has 7 nitrogen and oxygen atoms in total. The summed E-state index contributed by atoms with van der Waals surface area (Å²) < 4.78 is 80.8. The molecule has 2 aromatic rings.